The SMILES string of the molecule is c1ccc(-c2ccccc2N2c3cc4c(cc3B3c5ccccc5N(c5cccc6sc7ccccc7c56)c5cc(N(c6ccccc6)c6cccc7sc8ccccc8c67)cc2c53)B2c3ccccc3Oc3cc(N(c5ccccc5)c5ccccc5)cc(c32)N4c2cccc3sc4ccccc4c23)cc1. The lowest BCUT2D eigenvalue weighted by Crippen LogP contribution is -2.64. The maximum Gasteiger partial charge on any atom is 0.256 e. The standard InChI is InChI=1S/C96H59B2N5OS3/c1-5-28-60(29-6-1)66-36-13-19-42-74(66)101-79-59-80-73(98-71-41-18-21-47-84(71)104-85-57-65(99(61-30-7-2-8-31-61)62-32-9-3-10-33-62)56-83(96(85)98)103(80)78-46-27-53-91-94(78)69-39-16-24-50-88(69)107-91)58-72(79)97-70-40-17-20-43-75(70)102(77-45-26-52-90-93(77)68-38-15-23-49-87(68)106-90)82-55-64(54-81(101)95(82)97)100(63-34-11-4-12-35-63)76-44-25-51-89-92(76)67-37-14-22-48-86(67)105-89/h1-59H. The molecule has 4 aliphatic rings. The van der Waals surface area contributed by atoms with Crippen molar-refractivity contribution in [3.63, 3.8) is 0 Å². The molecular weight excluding hydrogens is 1360 g/mol. The number of hydrogen-bond acceptors (Lipinski definition) is 9. The molecule has 19 aromatic rings. The van der Waals surface area contributed by atoms with Crippen LogP contribution in [0, 0.1) is 0 Å². The molecule has 0 aliphatic carbocycles. The van der Waals surface area contributed by atoms with E-state index in [1.807, 2.05) is 34.0 Å². The third-order valence-electron chi connectivity index (χ3n) is 22.4. The van der Waals surface area contributed by atoms with Crippen LogP contribution in [-0.2, 0) is 0 Å². The molecule has 0 spiro atoms. The summed E-state index contributed by atoms with van der Waals surface area (Å²) in [5.41, 5.74) is 25.6. The van der Waals surface area contributed by atoms with E-state index in [0.717, 1.165) is 119 Å². The minimum atomic E-state index is -0.267. The van der Waals surface area contributed by atoms with Crippen molar-refractivity contribution in [3.05, 3.63) is 358 Å². The smallest absolute Gasteiger partial charge is 0.256 e. The van der Waals surface area contributed by atoms with E-state index < -0.39 is 0 Å². The molecule has 498 valence electrons. The summed E-state index contributed by atoms with van der Waals surface area (Å²) < 4.78 is 15.0. The molecule has 0 bridgehead atoms. The molecule has 0 atom stereocenters. The number of rotatable bonds is 10. The van der Waals surface area contributed by atoms with Crippen LogP contribution in [0.25, 0.3) is 71.6 Å². The molecule has 23 rings (SSSR count). The summed E-state index contributed by atoms with van der Waals surface area (Å²) >= 11 is 5.59. The number of anilines is 15. The van der Waals surface area contributed by atoms with E-state index in [0.29, 0.717) is 0 Å². The Morgan fingerprint density at radius 2 is 0.654 bits per heavy atom. The average Bonchev–Trinajstić information content (AvgIpc) is 0.738. The number of ether oxygens (including phenoxy) is 1. The van der Waals surface area contributed by atoms with Crippen molar-refractivity contribution in [1.29, 1.82) is 0 Å². The molecule has 4 aliphatic heterocycles. The molecule has 0 N–H and O–H groups in total. The third-order valence-corrected chi connectivity index (χ3v) is 25.8. The van der Waals surface area contributed by atoms with Crippen LogP contribution in [0.15, 0.2) is 358 Å². The second-order valence-electron chi connectivity index (χ2n) is 28.1. The largest absolute Gasteiger partial charge is 0.458 e. The number of hydrogen-bond donors (Lipinski definition) is 0. The summed E-state index contributed by atoms with van der Waals surface area (Å²) in [5.74, 6) is 1.68. The Bertz CT molecular complexity index is 6840. The molecule has 3 aromatic heterocycles. The summed E-state index contributed by atoms with van der Waals surface area (Å²) in [4.78, 5) is 12.9. The summed E-state index contributed by atoms with van der Waals surface area (Å²) in [6.45, 7) is -0.518. The average molecular weight is 1420 g/mol. The van der Waals surface area contributed by atoms with Gasteiger partial charge in [0.2, 0.25) is 0 Å². The zero-order valence-electron chi connectivity index (χ0n) is 57.6. The predicted molar refractivity (Wildman–Crippen MR) is 460 cm³/mol. The Kier molecular flexibility index (Phi) is 13.5. The third kappa shape index (κ3) is 9.12. The highest BCUT2D eigenvalue weighted by Gasteiger charge is 2.49. The van der Waals surface area contributed by atoms with Gasteiger partial charge in [-0.05, 0) is 172 Å². The summed E-state index contributed by atoms with van der Waals surface area (Å²) in [7, 11) is 0. The summed E-state index contributed by atoms with van der Waals surface area (Å²) in [5, 5.41) is 7.39. The lowest BCUT2D eigenvalue weighted by molar-refractivity contribution is 0.487. The van der Waals surface area contributed by atoms with Gasteiger partial charge in [-0.3, -0.25) is 0 Å². The molecule has 7 heterocycles. The molecule has 16 aromatic carbocycles. The van der Waals surface area contributed by atoms with Crippen molar-refractivity contribution in [2.45, 2.75) is 0 Å². The Hall–Kier alpha value is -12.9. The molecule has 0 amide bonds. The Morgan fingerprint density at radius 3 is 1.25 bits per heavy atom. The van der Waals surface area contributed by atoms with Crippen LogP contribution >= 0.6 is 34.0 Å². The van der Waals surface area contributed by atoms with Crippen LogP contribution in [0.1, 0.15) is 0 Å². The summed E-state index contributed by atoms with van der Waals surface area (Å²) in [6.07, 6.45) is 0. The number of thiophene rings is 3. The van der Waals surface area contributed by atoms with Crippen molar-refractivity contribution in [1.82, 2.24) is 0 Å². The van der Waals surface area contributed by atoms with Crippen LogP contribution in [0.4, 0.5) is 85.3 Å². The summed E-state index contributed by atoms with van der Waals surface area (Å²) in [6, 6.07) is 134. The monoisotopic (exact) mass is 1420 g/mol. The van der Waals surface area contributed by atoms with Crippen LogP contribution in [0.3, 0.4) is 0 Å². The zero-order chi connectivity index (χ0) is 70.0. The van der Waals surface area contributed by atoms with Crippen LogP contribution in [-0.4, -0.2) is 13.4 Å². The van der Waals surface area contributed by atoms with E-state index in [-0.39, 0.29) is 13.4 Å². The van der Waals surface area contributed by atoms with Gasteiger partial charge < -0.3 is 29.2 Å². The van der Waals surface area contributed by atoms with Gasteiger partial charge in [-0.25, -0.2) is 0 Å². The molecule has 11 heteroatoms. The lowest BCUT2D eigenvalue weighted by Gasteiger charge is -2.47. The van der Waals surface area contributed by atoms with E-state index in [1.54, 1.807) is 0 Å². The maximum atomic E-state index is 7.50. The topological polar surface area (TPSA) is 25.4 Å². The molecule has 0 saturated heterocycles. The van der Waals surface area contributed by atoms with E-state index >= 15 is 0 Å². The van der Waals surface area contributed by atoms with Crippen LogP contribution < -0.4 is 62.0 Å². The Balaban J connectivity index is 0.879. The van der Waals surface area contributed by atoms with E-state index in [9.17, 15) is 0 Å². The predicted octanol–water partition coefficient (Wildman–Crippen LogP) is 23.9. The van der Waals surface area contributed by atoms with Crippen molar-refractivity contribution in [3.8, 4) is 22.6 Å². The molecule has 107 heavy (non-hydrogen) atoms. The van der Waals surface area contributed by atoms with Crippen LogP contribution in [0.5, 0.6) is 11.5 Å². The minimum absolute atomic E-state index is 0.251. The fraction of sp³-hybridized carbons (Fsp3) is 0. The number of benzene rings is 16. The van der Waals surface area contributed by atoms with Gasteiger partial charge in [-0.2, -0.15) is 0 Å². The minimum Gasteiger partial charge on any atom is -0.458 e. The fourth-order valence-corrected chi connectivity index (χ4v) is 21.5. The zero-order valence-corrected chi connectivity index (χ0v) is 60.0. The second kappa shape index (κ2) is 23.8. The molecule has 0 radical (unpaired) electrons. The van der Waals surface area contributed by atoms with Gasteiger partial charge in [0.25, 0.3) is 13.4 Å². The first kappa shape index (κ1) is 60.5. The van der Waals surface area contributed by atoms with Crippen molar-refractivity contribution in [2.75, 3.05) is 24.5 Å². The maximum absolute atomic E-state index is 7.50. The van der Waals surface area contributed by atoms with Crippen LogP contribution in [0.2, 0.25) is 0 Å². The first-order chi connectivity index (χ1) is 53.1. The lowest BCUT2D eigenvalue weighted by atomic mass is 9.30. The van der Waals surface area contributed by atoms with Gasteiger partial charge in [0.15, 0.2) is 0 Å². The molecule has 0 unspecified atom stereocenters. The molecule has 6 nitrogen and oxygen atoms in total. The first-order valence-corrected chi connectivity index (χ1v) is 39.0. The van der Waals surface area contributed by atoms with Gasteiger partial charge in [0.05, 0.1) is 34.1 Å². The molecule has 0 saturated carbocycles. The number of nitrogens with zero attached hydrogens (tertiary/aromatic N) is 5. The van der Waals surface area contributed by atoms with E-state index in [4.69, 9.17) is 4.74 Å². The Labute approximate surface area is 631 Å². The quantitative estimate of drug-likeness (QED) is 0.127. The Morgan fingerprint density at radius 1 is 0.243 bits per heavy atom. The normalized spacial score (nSPS) is 13.0. The van der Waals surface area contributed by atoms with Gasteiger partial charge in [0.1, 0.15) is 11.5 Å². The van der Waals surface area contributed by atoms with E-state index in [2.05, 4.69) is 382 Å². The molecule has 0 fully saturated rings. The van der Waals surface area contributed by atoms with Crippen molar-refractivity contribution in [2.24, 2.45) is 0 Å². The highest BCUT2D eigenvalue weighted by atomic mass is 32.1. The molecular formula is C96H59B2N5OS3. The van der Waals surface area contributed by atoms with Gasteiger partial charge in [0, 0.05) is 123 Å². The fourth-order valence-electron chi connectivity index (χ4n) is 18.1. The number of fused-ring (bicyclic) bond motifs is 17. The second-order valence-corrected chi connectivity index (χ2v) is 31.4. The van der Waals surface area contributed by atoms with Crippen molar-refractivity contribution >= 4 is 226 Å². The highest BCUT2D eigenvalue weighted by molar-refractivity contribution is 7.26. The van der Waals surface area contributed by atoms with Crippen molar-refractivity contribution < 1.29 is 4.74 Å². The van der Waals surface area contributed by atoms with Gasteiger partial charge in [-0.1, -0.05) is 218 Å². The van der Waals surface area contributed by atoms with Gasteiger partial charge in [-0.15, -0.1) is 34.0 Å². The number of para-hydroxylation sites is 6. The first-order valence-electron chi connectivity index (χ1n) is 36.5. The van der Waals surface area contributed by atoms with E-state index in [1.165, 1.54) is 82.4 Å². The highest BCUT2D eigenvalue weighted by Crippen LogP contribution is 2.56. The van der Waals surface area contributed by atoms with Gasteiger partial charge >= 0.3 is 0 Å².